The Labute approximate surface area is 114 Å². The fraction of sp³-hybridized carbons (Fsp3) is 0.0714. The van der Waals surface area contributed by atoms with Crippen LogP contribution in [-0.2, 0) is 0 Å². The van der Waals surface area contributed by atoms with Crippen LogP contribution < -0.4 is 5.32 Å². The molecule has 20 heavy (non-hydrogen) atoms. The highest BCUT2D eigenvalue weighted by molar-refractivity contribution is 6.21. The van der Waals surface area contributed by atoms with Gasteiger partial charge in [0.25, 0.3) is 17.7 Å². The Morgan fingerprint density at radius 1 is 1.15 bits per heavy atom. The zero-order valence-electron chi connectivity index (χ0n) is 10.5. The maximum atomic E-state index is 11.8. The number of benzene rings is 1. The van der Waals surface area contributed by atoms with Crippen molar-refractivity contribution < 1.29 is 18.8 Å². The lowest BCUT2D eigenvalue weighted by Gasteiger charge is -2.04. The minimum absolute atomic E-state index is 0.171. The smallest absolute Gasteiger partial charge is 0.291 e. The van der Waals surface area contributed by atoms with Crippen molar-refractivity contribution >= 4 is 23.4 Å². The number of anilines is 1. The molecule has 3 amide bonds. The fourth-order valence-corrected chi connectivity index (χ4v) is 2.04. The van der Waals surface area contributed by atoms with E-state index in [1.54, 1.807) is 12.1 Å². The van der Waals surface area contributed by atoms with E-state index in [1.165, 1.54) is 31.5 Å². The number of furan rings is 1. The summed E-state index contributed by atoms with van der Waals surface area (Å²) in [5.74, 6) is -0.960. The van der Waals surface area contributed by atoms with Crippen LogP contribution in [-0.4, -0.2) is 29.7 Å². The van der Waals surface area contributed by atoms with Crippen molar-refractivity contribution in [2.24, 2.45) is 0 Å². The van der Waals surface area contributed by atoms with Gasteiger partial charge in [-0.25, -0.2) is 0 Å². The summed E-state index contributed by atoms with van der Waals surface area (Å²) in [6.45, 7) is 0. The van der Waals surface area contributed by atoms with Gasteiger partial charge in [0.05, 0.1) is 17.4 Å². The quantitative estimate of drug-likeness (QED) is 0.843. The molecule has 1 N–H and O–H groups in total. The highest BCUT2D eigenvalue weighted by Crippen LogP contribution is 2.25. The van der Waals surface area contributed by atoms with Gasteiger partial charge in [0, 0.05) is 12.7 Å². The first-order valence-electron chi connectivity index (χ1n) is 5.89. The van der Waals surface area contributed by atoms with Crippen LogP contribution >= 0.6 is 0 Å². The van der Waals surface area contributed by atoms with Crippen molar-refractivity contribution in [3.05, 3.63) is 53.5 Å². The van der Waals surface area contributed by atoms with E-state index in [-0.39, 0.29) is 23.1 Å². The molecule has 0 saturated heterocycles. The zero-order chi connectivity index (χ0) is 14.3. The van der Waals surface area contributed by atoms with Crippen LogP contribution in [0.25, 0.3) is 0 Å². The Morgan fingerprint density at radius 3 is 2.60 bits per heavy atom. The van der Waals surface area contributed by atoms with Gasteiger partial charge in [-0.15, -0.1) is 0 Å². The lowest BCUT2D eigenvalue weighted by Crippen LogP contribution is -2.24. The summed E-state index contributed by atoms with van der Waals surface area (Å²) in [4.78, 5) is 36.4. The van der Waals surface area contributed by atoms with E-state index in [1.807, 2.05) is 0 Å². The molecule has 0 spiro atoms. The topological polar surface area (TPSA) is 79.6 Å². The first-order chi connectivity index (χ1) is 9.58. The number of imide groups is 1. The summed E-state index contributed by atoms with van der Waals surface area (Å²) in [7, 11) is 1.42. The fourth-order valence-electron chi connectivity index (χ4n) is 2.04. The van der Waals surface area contributed by atoms with Crippen LogP contribution in [0.2, 0.25) is 0 Å². The molecule has 1 aromatic heterocycles. The third kappa shape index (κ3) is 1.78. The molecule has 6 heteroatoms. The Balaban J connectivity index is 1.89. The SMILES string of the molecule is CN1C(=O)c2ccc(NC(=O)c3ccco3)cc2C1=O. The van der Waals surface area contributed by atoms with Crippen LogP contribution in [0.5, 0.6) is 0 Å². The number of fused-ring (bicyclic) bond motifs is 1. The number of amides is 3. The van der Waals surface area contributed by atoms with E-state index in [4.69, 9.17) is 4.42 Å². The third-order valence-electron chi connectivity index (χ3n) is 3.09. The minimum Gasteiger partial charge on any atom is -0.459 e. The summed E-state index contributed by atoms with van der Waals surface area (Å²) < 4.78 is 4.97. The second-order valence-electron chi connectivity index (χ2n) is 4.36. The first kappa shape index (κ1) is 12.2. The molecule has 3 rings (SSSR count). The number of carbonyl (C=O) groups excluding carboxylic acids is 3. The van der Waals surface area contributed by atoms with Gasteiger partial charge >= 0.3 is 0 Å². The second kappa shape index (κ2) is 4.34. The van der Waals surface area contributed by atoms with Crippen molar-refractivity contribution in [3.8, 4) is 0 Å². The molecule has 2 heterocycles. The number of carbonyl (C=O) groups is 3. The zero-order valence-corrected chi connectivity index (χ0v) is 10.5. The molecular weight excluding hydrogens is 260 g/mol. The molecule has 0 radical (unpaired) electrons. The lowest BCUT2D eigenvalue weighted by molar-refractivity contribution is 0.0692. The highest BCUT2D eigenvalue weighted by Gasteiger charge is 2.32. The van der Waals surface area contributed by atoms with E-state index >= 15 is 0 Å². The molecule has 6 nitrogen and oxygen atoms in total. The van der Waals surface area contributed by atoms with E-state index in [2.05, 4.69) is 5.32 Å². The number of nitrogens with one attached hydrogen (secondary N) is 1. The van der Waals surface area contributed by atoms with Crippen molar-refractivity contribution in [3.63, 3.8) is 0 Å². The van der Waals surface area contributed by atoms with Crippen molar-refractivity contribution in [1.29, 1.82) is 0 Å². The standard InChI is InChI=1S/C14H10N2O4/c1-16-13(18)9-5-4-8(7-10(9)14(16)19)15-12(17)11-3-2-6-20-11/h2-7H,1H3,(H,15,17). The Morgan fingerprint density at radius 2 is 1.90 bits per heavy atom. The van der Waals surface area contributed by atoms with Crippen molar-refractivity contribution in [1.82, 2.24) is 4.90 Å². The minimum atomic E-state index is -0.417. The summed E-state index contributed by atoms with van der Waals surface area (Å²) >= 11 is 0. The molecule has 2 aromatic rings. The van der Waals surface area contributed by atoms with Crippen molar-refractivity contribution in [2.75, 3.05) is 12.4 Å². The molecule has 0 atom stereocenters. The van der Waals surface area contributed by atoms with Gasteiger partial charge in [-0.2, -0.15) is 0 Å². The van der Waals surface area contributed by atoms with Gasteiger partial charge in [0.1, 0.15) is 0 Å². The normalized spacial score (nSPS) is 13.6. The molecule has 0 fully saturated rings. The van der Waals surface area contributed by atoms with Gasteiger partial charge < -0.3 is 9.73 Å². The molecule has 100 valence electrons. The number of hydrogen-bond acceptors (Lipinski definition) is 4. The van der Waals surface area contributed by atoms with Crippen LogP contribution in [0.3, 0.4) is 0 Å². The number of nitrogens with zero attached hydrogens (tertiary/aromatic N) is 1. The Kier molecular flexibility index (Phi) is 2.64. The summed E-state index contributed by atoms with van der Waals surface area (Å²) in [5, 5.41) is 2.61. The Hall–Kier alpha value is -2.89. The maximum Gasteiger partial charge on any atom is 0.291 e. The van der Waals surface area contributed by atoms with Crippen molar-refractivity contribution in [2.45, 2.75) is 0 Å². The van der Waals surface area contributed by atoms with E-state index in [9.17, 15) is 14.4 Å². The molecule has 0 bridgehead atoms. The largest absolute Gasteiger partial charge is 0.459 e. The number of rotatable bonds is 2. The molecule has 0 saturated carbocycles. The third-order valence-corrected chi connectivity index (χ3v) is 3.09. The van der Waals surface area contributed by atoms with Crippen LogP contribution in [0.1, 0.15) is 31.3 Å². The van der Waals surface area contributed by atoms with Crippen LogP contribution in [0, 0.1) is 0 Å². The van der Waals surface area contributed by atoms with E-state index in [0.29, 0.717) is 11.3 Å². The van der Waals surface area contributed by atoms with Crippen LogP contribution in [0.4, 0.5) is 5.69 Å². The molecule has 1 aliphatic rings. The van der Waals surface area contributed by atoms with Gasteiger partial charge in [0.2, 0.25) is 0 Å². The average Bonchev–Trinajstić information content (AvgIpc) is 3.04. The van der Waals surface area contributed by atoms with E-state index in [0.717, 1.165) is 4.90 Å². The van der Waals surface area contributed by atoms with Crippen LogP contribution in [0.15, 0.2) is 41.0 Å². The molecular formula is C14H10N2O4. The predicted molar refractivity (Wildman–Crippen MR) is 69.5 cm³/mol. The van der Waals surface area contributed by atoms with E-state index < -0.39 is 5.91 Å². The van der Waals surface area contributed by atoms with Gasteiger partial charge in [-0.05, 0) is 30.3 Å². The monoisotopic (exact) mass is 270 g/mol. The van der Waals surface area contributed by atoms with Gasteiger partial charge in [0.15, 0.2) is 5.76 Å². The van der Waals surface area contributed by atoms with Gasteiger partial charge in [-0.3, -0.25) is 19.3 Å². The maximum absolute atomic E-state index is 11.8. The van der Waals surface area contributed by atoms with Gasteiger partial charge in [-0.1, -0.05) is 0 Å². The molecule has 1 aliphatic heterocycles. The summed E-state index contributed by atoms with van der Waals surface area (Å²) in [6, 6.07) is 7.72. The number of hydrogen-bond donors (Lipinski definition) is 1. The first-order valence-corrected chi connectivity index (χ1v) is 5.89. The predicted octanol–water partition coefficient (Wildman–Crippen LogP) is 1.76. The highest BCUT2D eigenvalue weighted by atomic mass is 16.3. The molecule has 0 aliphatic carbocycles. The molecule has 0 unspecified atom stereocenters. The Bertz CT molecular complexity index is 719. The summed E-state index contributed by atoms with van der Waals surface area (Å²) in [6.07, 6.45) is 1.40. The molecule has 1 aromatic carbocycles. The average molecular weight is 270 g/mol. The second-order valence-corrected chi connectivity index (χ2v) is 4.36. The summed E-state index contributed by atoms with van der Waals surface area (Å²) in [5.41, 5.74) is 1.06. The lowest BCUT2D eigenvalue weighted by atomic mass is 10.1.